The van der Waals surface area contributed by atoms with Gasteiger partial charge in [0.1, 0.15) is 5.69 Å². The van der Waals surface area contributed by atoms with Crippen molar-refractivity contribution in [1.82, 2.24) is 4.98 Å². The largest absolute Gasteiger partial charge is 0.496 e. The molecule has 0 bridgehead atoms. The third-order valence-electron chi connectivity index (χ3n) is 4.80. The van der Waals surface area contributed by atoms with Gasteiger partial charge < -0.3 is 9.31 Å². The predicted octanol–water partition coefficient (Wildman–Crippen LogP) is 1.54. The first kappa shape index (κ1) is 22.4. The van der Waals surface area contributed by atoms with Crippen molar-refractivity contribution in [2.45, 2.75) is 52.7 Å². The Morgan fingerprint density at radius 1 is 1.04 bits per heavy atom. The van der Waals surface area contributed by atoms with Crippen molar-refractivity contribution in [3.63, 3.8) is 0 Å². The second kappa shape index (κ2) is 7.18. The monoisotopic (exact) mass is 438 g/mol. The summed E-state index contributed by atoms with van der Waals surface area (Å²) < 4.78 is 62.2. The van der Waals surface area contributed by atoms with Crippen molar-refractivity contribution in [1.29, 1.82) is 0 Å². The zero-order valence-electron chi connectivity index (χ0n) is 16.2. The molecule has 0 aliphatic carbocycles. The van der Waals surface area contributed by atoms with Crippen LogP contribution in [0, 0.1) is 0 Å². The van der Waals surface area contributed by atoms with Crippen LogP contribution >= 0.6 is 11.6 Å². The van der Waals surface area contributed by atoms with Crippen LogP contribution < -0.4 is 9.17 Å². The third-order valence-corrected chi connectivity index (χ3v) is 9.32. The van der Waals surface area contributed by atoms with Gasteiger partial charge in [-0.1, -0.05) is 11.6 Å². The minimum absolute atomic E-state index is 0.243. The van der Waals surface area contributed by atoms with E-state index in [0.717, 1.165) is 0 Å². The molecule has 1 saturated heterocycles. The van der Waals surface area contributed by atoms with Crippen LogP contribution in [-0.4, -0.2) is 51.6 Å². The minimum atomic E-state index is -4.15. The fraction of sp³-hybridized carbons (Fsp3) is 0.667. The number of rotatable bonds is 6. The van der Waals surface area contributed by atoms with Crippen molar-refractivity contribution in [2.24, 2.45) is 0 Å². The molecule has 1 fully saturated rings. The molecular weight excluding hydrogens is 415 g/mol. The molecular formula is C15H24BClN2O6S2. The molecule has 1 aromatic heterocycles. The molecule has 2 rings (SSSR count). The number of nitrogens with zero attached hydrogens (tertiary/aromatic N) is 2. The van der Waals surface area contributed by atoms with Crippen LogP contribution in [-0.2, 0) is 29.4 Å². The van der Waals surface area contributed by atoms with E-state index in [2.05, 4.69) is 4.98 Å². The number of sulfonamides is 2. The molecule has 1 aliphatic rings. The summed E-state index contributed by atoms with van der Waals surface area (Å²) in [5.41, 5.74) is -1.12. The summed E-state index contributed by atoms with van der Waals surface area (Å²) in [4.78, 5) is 3.97. The molecule has 0 unspecified atom stereocenters. The Hall–Kier alpha value is -0.875. The molecule has 0 aromatic carbocycles. The van der Waals surface area contributed by atoms with E-state index in [9.17, 15) is 16.8 Å². The Labute approximate surface area is 166 Å². The fourth-order valence-corrected chi connectivity index (χ4v) is 6.05. The number of anilines is 1. The quantitative estimate of drug-likeness (QED) is 0.490. The topological polar surface area (TPSA) is 103 Å². The van der Waals surface area contributed by atoms with E-state index in [1.807, 2.05) is 27.7 Å². The zero-order valence-corrected chi connectivity index (χ0v) is 18.6. The van der Waals surface area contributed by atoms with Crippen LogP contribution in [0.2, 0.25) is 5.15 Å². The Morgan fingerprint density at radius 2 is 1.48 bits per heavy atom. The summed E-state index contributed by atoms with van der Waals surface area (Å²) in [7, 11) is -9.14. The van der Waals surface area contributed by atoms with Gasteiger partial charge in [-0.15, -0.1) is 0 Å². The van der Waals surface area contributed by atoms with Gasteiger partial charge in [-0.3, -0.25) is 0 Å². The number of pyridine rings is 1. The van der Waals surface area contributed by atoms with E-state index in [1.165, 1.54) is 26.1 Å². The number of hydrogen-bond acceptors (Lipinski definition) is 7. The molecule has 1 aromatic rings. The molecule has 0 atom stereocenters. The van der Waals surface area contributed by atoms with Gasteiger partial charge >= 0.3 is 7.12 Å². The van der Waals surface area contributed by atoms with Crippen LogP contribution in [0.3, 0.4) is 0 Å². The highest BCUT2D eigenvalue weighted by molar-refractivity contribution is 8.10. The number of hydrogen-bond donors (Lipinski definition) is 0. The average molecular weight is 439 g/mol. The third kappa shape index (κ3) is 4.12. The van der Waals surface area contributed by atoms with Crippen molar-refractivity contribution in [3.8, 4) is 0 Å². The molecule has 1 aliphatic heterocycles. The summed E-state index contributed by atoms with van der Waals surface area (Å²) in [6, 6.07) is 1.33. The van der Waals surface area contributed by atoms with E-state index >= 15 is 0 Å². The second-order valence-corrected chi connectivity index (χ2v) is 12.0. The predicted molar refractivity (Wildman–Crippen MR) is 106 cm³/mol. The highest BCUT2D eigenvalue weighted by atomic mass is 35.5. The lowest BCUT2D eigenvalue weighted by molar-refractivity contribution is 0.00578. The van der Waals surface area contributed by atoms with E-state index in [1.54, 1.807) is 0 Å². The van der Waals surface area contributed by atoms with Gasteiger partial charge in [0.15, 0.2) is 5.15 Å². The van der Waals surface area contributed by atoms with Gasteiger partial charge in [0.25, 0.3) is 0 Å². The van der Waals surface area contributed by atoms with E-state index in [-0.39, 0.29) is 10.8 Å². The molecule has 27 heavy (non-hydrogen) atoms. The number of aromatic nitrogens is 1. The average Bonchev–Trinajstić information content (AvgIpc) is 2.77. The summed E-state index contributed by atoms with van der Waals surface area (Å²) >= 11 is 6.07. The molecule has 152 valence electrons. The highest BCUT2D eigenvalue weighted by Gasteiger charge is 2.52. The molecule has 0 amide bonds. The summed E-state index contributed by atoms with van der Waals surface area (Å²) in [5.74, 6) is -0.827. The van der Waals surface area contributed by atoms with Crippen LogP contribution in [0.1, 0.15) is 41.5 Å². The lowest BCUT2D eigenvalue weighted by atomic mass is 9.80. The molecule has 8 nitrogen and oxygen atoms in total. The molecule has 12 heteroatoms. The van der Waals surface area contributed by atoms with Crippen LogP contribution in [0.15, 0.2) is 12.3 Å². The minimum Gasteiger partial charge on any atom is -0.399 e. The summed E-state index contributed by atoms with van der Waals surface area (Å²) in [5, 5.41) is -0.246. The standard InChI is InChI=1S/C15H24BClN2O6S2/c1-7-26(20,21)19(27(22,23)8-2)12-9-11(10-18-13(12)17)16-24-14(3,4)15(5,6)25-16/h9-10H,7-8H2,1-6H3. The first-order chi connectivity index (χ1) is 12.2. The van der Waals surface area contributed by atoms with Crippen LogP contribution in [0.4, 0.5) is 5.69 Å². The van der Waals surface area contributed by atoms with Crippen molar-refractivity contribution < 1.29 is 26.1 Å². The Bertz CT molecular complexity index is 884. The fourth-order valence-electron chi connectivity index (χ4n) is 2.40. The zero-order chi connectivity index (χ0) is 20.8. The van der Waals surface area contributed by atoms with Crippen LogP contribution in [0.25, 0.3) is 0 Å². The van der Waals surface area contributed by atoms with Crippen molar-refractivity contribution in [3.05, 3.63) is 17.4 Å². The summed E-state index contributed by atoms with van der Waals surface area (Å²) in [6.07, 6.45) is 1.38. The Balaban J connectivity index is 2.60. The lowest BCUT2D eigenvalue weighted by Gasteiger charge is -2.32. The van der Waals surface area contributed by atoms with Crippen molar-refractivity contribution >= 4 is 49.9 Å². The van der Waals surface area contributed by atoms with E-state index < -0.39 is 49.9 Å². The van der Waals surface area contributed by atoms with Gasteiger partial charge in [-0.25, -0.2) is 21.8 Å². The molecule has 0 radical (unpaired) electrons. The van der Waals surface area contributed by atoms with Gasteiger partial charge in [-0.2, -0.15) is 3.71 Å². The van der Waals surface area contributed by atoms with Gasteiger partial charge in [-0.05, 0) is 47.6 Å². The lowest BCUT2D eigenvalue weighted by Crippen LogP contribution is -2.41. The Morgan fingerprint density at radius 3 is 1.89 bits per heavy atom. The maximum atomic E-state index is 12.5. The van der Waals surface area contributed by atoms with Crippen LogP contribution in [0.5, 0.6) is 0 Å². The van der Waals surface area contributed by atoms with Gasteiger partial charge in [0.2, 0.25) is 20.0 Å². The van der Waals surface area contributed by atoms with Gasteiger partial charge in [0.05, 0.1) is 22.7 Å². The van der Waals surface area contributed by atoms with E-state index in [0.29, 0.717) is 9.17 Å². The second-order valence-electron chi connectivity index (χ2n) is 7.17. The normalized spacial score (nSPS) is 19.3. The first-order valence-corrected chi connectivity index (χ1v) is 12.0. The van der Waals surface area contributed by atoms with Crippen molar-refractivity contribution in [2.75, 3.05) is 15.2 Å². The van der Waals surface area contributed by atoms with E-state index in [4.69, 9.17) is 20.9 Å². The molecule has 0 N–H and O–H groups in total. The Kier molecular flexibility index (Phi) is 5.96. The molecule has 0 saturated carbocycles. The molecule has 0 spiro atoms. The van der Waals surface area contributed by atoms with Gasteiger partial charge in [0, 0.05) is 11.7 Å². The number of halogens is 1. The maximum Gasteiger partial charge on any atom is 0.496 e. The maximum absolute atomic E-state index is 12.5. The SMILES string of the molecule is CCS(=O)(=O)N(c1cc(B2OC(C)(C)C(C)(C)O2)cnc1Cl)S(=O)(=O)CC. The smallest absolute Gasteiger partial charge is 0.399 e. The molecule has 2 heterocycles. The summed E-state index contributed by atoms with van der Waals surface area (Å²) in [6.45, 7) is 10.2. The first-order valence-electron chi connectivity index (χ1n) is 8.45. The highest BCUT2D eigenvalue weighted by Crippen LogP contribution is 2.37.